The maximum absolute atomic E-state index is 12.8. The van der Waals surface area contributed by atoms with Gasteiger partial charge in [0.25, 0.3) is 0 Å². The van der Waals surface area contributed by atoms with E-state index in [1.807, 2.05) is 6.07 Å². The molecule has 0 bridgehead atoms. The summed E-state index contributed by atoms with van der Waals surface area (Å²) in [6, 6.07) is 13.2. The van der Waals surface area contributed by atoms with E-state index in [0.717, 1.165) is 6.07 Å². The number of rotatable bonds is 10. The van der Waals surface area contributed by atoms with Gasteiger partial charge in [0, 0.05) is 11.1 Å². The van der Waals surface area contributed by atoms with Crippen LogP contribution in [0.3, 0.4) is 0 Å². The topological polar surface area (TPSA) is 133 Å². The Balaban J connectivity index is 1.71. The molecule has 0 saturated heterocycles. The van der Waals surface area contributed by atoms with Gasteiger partial charge in [-0.15, -0.1) is 11.3 Å². The number of benzene rings is 2. The van der Waals surface area contributed by atoms with Crippen molar-refractivity contribution in [2.24, 2.45) is 0 Å². The lowest BCUT2D eigenvalue weighted by Gasteiger charge is -2.12. The number of esters is 1. The number of hydrogen-bond acceptors (Lipinski definition) is 10. The Morgan fingerprint density at radius 2 is 1.88 bits per heavy atom. The molecule has 2 aromatic carbocycles. The SMILES string of the molecule is CCOc1ccccc1OS(=O)(=O)c1cccc(C(=O)OCC(=O)[C@H](C#N)c2nc(C)cs2)c1. The van der Waals surface area contributed by atoms with Crippen LogP contribution in [0.1, 0.15) is 33.9 Å². The van der Waals surface area contributed by atoms with Crippen LogP contribution < -0.4 is 8.92 Å². The Bertz CT molecular complexity index is 1340. The molecule has 176 valence electrons. The summed E-state index contributed by atoms with van der Waals surface area (Å²) in [5.41, 5.74) is 0.573. The first-order chi connectivity index (χ1) is 16.2. The van der Waals surface area contributed by atoms with Crippen molar-refractivity contribution in [3.05, 3.63) is 70.2 Å². The summed E-state index contributed by atoms with van der Waals surface area (Å²) in [5, 5.41) is 11.3. The lowest BCUT2D eigenvalue weighted by molar-refractivity contribution is -0.122. The Hall–Kier alpha value is -3.75. The maximum atomic E-state index is 12.8. The number of aromatic nitrogens is 1. The largest absolute Gasteiger partial charge is 0.490 e. The van der Waals surface area contributed by atoms with E-state index in [-0.39, 0.29) is 22.0 Å². The van der Waals surface area contributed by atoms with Gasteiger partial charge in [-0.2, -0.15) is 13.7 Å². The molecule has 0 aliphatic carbocycles. The van der Waals surface area contributed by atoms with Gasteiger partial charge in [0.1, 0.15) is 9.90 Å². The van der Waals surface area contributed by atoms with Gasteiger partial charge >= 0.3 is 16.1 Å². The van der Waals surface area contributed by atoms with E-state index in [2.05, 4.69) is 4.98 Å². The molecule has 34 heavy (non-hydrogen) atoms. The van der Waals surface area contributed by atoms with Crippen LogP contribution in [0.25, 0.3) is 0 Å². The molecule has 0 N–H and O–H groups in total. The molecule has 0 unspecified atom stereocenters. The zero-order valence-electron chi connectivity index (χ0n) is 18.3. The van der Waals surface area contributed by atoms with E-state index in [1.54, 1.807) is 37.4 Å². The molecule has 0 aliphatic heterocycles. The average molecular weight is 501 g/mol. The first-order valence-corrected chi connectivity index (χ1v) is 12.3. The van der Waals surface area contributed by atoms with Crippen LogP contribution in [0, 0.1) is 18.3 Å². The molecular weight excluding hydrogens is 480 g/mol. The second-order valence-electron chi connectivity index (χ2n) is 6.88. The highest BCUT2D eigenvalue weighted by atomic mass is 32.2. The van der Waals surface area contributed by atoms with Crippen LogP contribution in [-0.4, -0.2) is 38.4 Å². The fraction of sp³-hybridized carbons (Fsp3) is 0.217. The van der Waals surface area contributed by atoms with Crippen molar-refractivity contribution in [3.63, 3.8) is 0 Å². The molecule has 0 amide bonds. The summed E-state index contributed by atoms with van der Waals surface area (Å²) in [4.78, 5) is 28.7. The van der Waals surface area contributed by atoms with Gasteiger partial charge in [-0.25, -0.2) is 9.78 Å². The number of Topliss-reactive ketones (excluding diaryl/α,β-unsaturated/α-hetero) is 1. The minimum atomic E-state index is -4.30. The number of hydrogen-bond donors (Lipinski definition) is 0. The molecule has 3 aromatic rings. The zero-order valence-corrected chi connectivity index (χ0v) is 19.9. The summed E-state index contributed by atoms with van der Waals surface area (Å²) in [5.74, 6) is -2.46. The van der Waals surface area contributed by atoms with E-state index >= 15 is 0 Å². The molecule has 9 nitrogen and oxygen atoms in total. The summed E-state index contributed by atoms with van der Waals surface area (Å²) in [7, 11) is -4.30. The highest BCUT2D eigenvalue weighted by Gasteiger charge is 2.25. The van der Waals surface area contributed by atoms with Gasteiger partial charge in [0.15, 0.2) is 29.8 Å². The Labute approximate surface area is 200 Å². The number of nitriles is 1. The predicted molar refractivity (Wildman–Crippen MR) is 122 cm³/mol. The van der Waals surface area contributed by atoms with Crippen molar-refractivity contribution >= 4 is 33.2 Å². The molecule has 11 heteroatoms. The standard InChI is InChI=1S/C23H20N2O7S2/c1-3-30-20-9-4-5-10-21(20)32-34(28,29)17-8-6-7-16(11-17)23(27)31-13-19(26)18(12-24)22-25-15(2)14-33-22/h4-11,14,18H,3,13H2,1-2H3/t18-/m0/s1. The molecule has 3 rings (SSSR count). The number of para-hydroxylation sites is 2. The Kier molecular flexibility index (Phi) is 7.99. The van der Waals surface area contributed by atoms with Crippen molar-refractivity contribution in [2.45, 2.75) is 24.7 Å². The van der Waals surface area contributed by atoms with Crippen LogP contribution in [0.4, 0.5) is 0 Å². The number of carbonyl (C=O) groups excluding carboxylic acids is 2. The molecule has 0 spiro atoms. The van der Waals surface area contributed by atoms with Gasteiger partial charge in [-0.1, -0.05) is 18.2 Å². The highest BCUT2D eigenvalue weighted by molar-refractivity contribution is 7.87. The molecule has 1 aromatic heterocycles. The number of nitrogens with zero attached hydrogens (tertiary/aromatic N) is 2. The van der Waals surface area contributed by atoms with Crippen LogP contribution >= 0.6 is 11.3 Å². The molecule has 0 radical (unpaired) electrons. The molecule has 0 aliphatic rings. The van der Waals surface area contributed by atoms with Crippen LogP contribution in [-0.2, 0) is 19.6 Å². The summed E-state index contributed by atoms with van der Waals surface area (Å²) < 4.78 is 41.1. The quantitative estimate of drug-likeness (QED) is 0.302. The maximum Gasteiger partial charge on any atom is 0.339 e. The third-order valence-electron chi connectivity index (χ3n) is 4.39. The first kappa shape index (κ1) is 24.9. The molecular formula is C23H20N2O7S2. The smallest absolute Gasteiger partial charge is 0.339 e. The van der Waals surface area contributed by atoms with E-state index in [0.29, 0.717) is 17.3 Å². The van der Waals surface area contributed by atoms with Crippen LogP contribution in [0.5, 0.6) is 11.5 Å². The van der Waals surface area contributed by atoms with Gasteiger partial charge in [-0.3, -0.25) is 4.79 Å². The summed E-state index contributed by atoms with van der Waals surface area (Å²) in [6.07, 6.45) is 0. The number of ketones is 1. The Morgan fingerprint density at radius 1 is 1.15 bits per heavy atom. The van der Waals surface area contributed by atoms with E-state index in [1.165, 1.54) is 35.6 Å². The predicted octanol–water partition coefficient (Wildman–Crippen LogP) is 3.65. The second-order valence-corrected chi connectivity index (χ2v) is 9.31. The minimum absolute atomic E-state index is 0.00268. The van der Waals surface area contributed by atoms with Gasteiger partial charge in [0.2, 0.25) is 0 Å². The van der Waals surface area contributed by atoms with E-state index in [9.17, 15) is 23.3 Å². The molecule has 1 atom stereocenters. The monoisotopic (exact) mass is 500 g/mol. The third kappa shape index (κ3) is 5.98. The van der Waals surface area contributed by atoms with Crippen molar-refractivity contribution in [2.75, 3.05) is 13.2 Å². The third-order valence-corrected chi connectivity index (χ3v) is 6.64. The number of ether oxygens (including phenoxy) is 2. The molecule has 0 saturated carbocycles. The zero-order chi connectivity index (χ0) is 24.7. The summed E-state index contributed by atoms with van der Waals surface area (Å²) in [6.45, 7) is 3.14. The number of carbonyl (C=O) groups is 2. The molecule has 0 fully saturated rings. The number of thiazole rings is 1. The minimum Gasteiger partial charge on any atom is -0.490 e. The molecule has 1 heterocycles. The van der Waals surface area contributed by atoms with Crippen molar-refractivity contribution in [1.82, 2.24) is 4.98 Å². The first-order valence-electron chi connectivity index (χ1n) is 10.0. The van der Waals surface area contributed by atoms with E-state index < -0.39 is 34.4 Å². The van der Waals surface area contributed by atoms with Gasteiger partial charge in [0.05, 0.1) is 18.2 Å². The normalized spacial score (nSPS) is 11.8. The Morgan fingerprint density at radius 3 is 2.53 bits per heavy atom. The lowest BCUT2D eigenvalue weighted by Crippen LogP contribution is -2.20. The van der Waals surface area contributed by atoms with Crippen molar-refractivity contribution in [1.29, 1.82) is 5.26 Å². The lowest BCUT2D eigenvalue weighted by atomic mass is 10.1. The fourth-order valence-corrected chi connectivity index (χ4v) is 4.66. The van der Waals surface area contributed by atoms with Crippen LogP contribution in [0.2, 0.25) is 0 Å². The van der Waals surface area contributed by atoms with Crippen LogP contribution in [0.15, 0.2) is 58.8 Å². The number of aryl methyl sites for hydroxylation is 1. The highest BCUT2D eigenvalue weighted by Crippen LogP contribution is 2.29. The van der Waals surface area contributed by atoms with E-state index in [4.69, 9.17) is 13.7 Å². The van der Waals surface area contributed by atoms with Crippen molar-refractivity contribution in [3.8, 4) is 17.6 Å². The summed E-state index contributed by atoms with van der Waals surface area (Å²) >= 11 is 1.17. The second kappa shape index (κ2) is 10.9. The van der Waals surface area contributed by atoms with Crippen molar-refractivity contribution < 1.29 is 31.7 Å². The van der Waals surface area contributed by atoms with Gasteiger partial charge in [-0.05, 0) is 44.2 Å². The average Bonchev–Trinajstić information content (AvgIpc) is 3.25. The van der Waals surface area contributed by atoms with Gasteiger partial charge < -0.3 is 13.7 Å². The fourth-order valence-electron chi connectivity index (χ4n) is 2.81.